The molecule has 1 rings (SSSR count). The van der Waals surface area contributed by atoms with Gasteiger partial charge in [0.05, 0.1) is 5.69 Å². The molecule has 14 heavy (non-hydrogen) atoms. The van der Waals surface area contributed by atoms with E-state index in [1.54, 1.807) is 0 Å². The number of aromatic nitrogens is 2. The Kier molecular flexibility index (Phi) is 2.55. The lowest BCUT2D eigenvalue weighted by atomic mass is 10.5. The van der Waals surface area contributed by atoms with Crippen molar-refractivity contribution in [2.24, 2.45) is 0 Å². The Bertz CT molecular complexity index is 498. The Hall–Kier alpha value is -0.730. The zero-order valence-corrected chi connectivity index (χ0v) is 8.58. The minimum absolute atomic E-state index is 0.133. The van der Waals surface area contributed by atoms with Crippen molar-refractivity contribution >= 4 is 23.1 Å². The van der Waals surface area contributed by atoms with Crippen LogP contribution in [0.25, 0.3) is 0 Å². The molecular weight excluding hydrogens is 235 g/mol. The van der Waals surface area contributed by atoms with E-state index in [9.17, 15) is 13.0 Å². The van der Waals surface area contributed by atoms with Crippen LogP contribution in [-0.2, 0) is 14.7 Å². The van der Waals surface area contributed by atoms with Crippen molar-refractivity contribution in [3.63, 3.8) is 0 Å². The number of nitrogens with zero attached hydrogens (tertiary/aromatic N) is 1. The monoisotopic (exact) mass is 242 g/mol. The molecule has 0 bridgehead atoms. The summed E-state index contributed by atoms with van der Waals surface area (Å²) in [4.78, 5) is 16.5. The average molecular weight is 242 g/mol. The van der Waals surface area contributed by atoms with Crippen molar-refractivity contribution in [1.29, 1.82) is 0 Å². The van der Waals surface area contributed by atoms with Gasteiger partial charge in [-0.2, -0.15) is 13.5 Å². The molecule has 1 heterocycles. The fourth-order valence-electron chi connectivity index (χ4n) is 0.912. The van der Waals surface area contributed by atoms with Gasteiger partial charge in [0, 0.05) is 0 Å². The predicted octanol–water partition coefficient (Wildman–Crippen LogP) is -1.23. The first-order chi connectivity index (χ1) is 6.14. The second kappa shape index (κ2) is 3.14. The SMILES string of the molecule is Cc1[nH]nc(P(=O)(O)O)c1S(=O)(=O)O. The van der Waals surface area contributed by atoms with Gasteiger partial charge in [-0.25, -0.2) is 0 Å². The van der Waals surface area contributed by atoms with Crippen LogP contribution in [0, 0.1) is 6.92 Å². The van der Waals surface area contributed by atoms with Crippen molar-refractivity contribution in [3.8, 4) is 0 Å². The molecule has 4 N–H and O–H groups in total. The van der Waals surface area contributed by atoms with Crippen molar-refractivity contribution in [1.82, 2.24) is 10.2 Å². The number of hydrogen-bond acceptors (Lipinski definition) is 4. The molecule has 80 valence electrons. The van der Waals surface area contributed by atoms with Crippen molar-refractivity contribution < 1.29 is 27.3 Å². The quantitative estimate of drug-likeness (QED) is 0.375. The van der Waals surface area contributed by atoms with E-state index < -0.39 is 28.0 Å². The molecule has 0 unspecified atom stereocenters. The molecule has 0 amide bonds. The molecule has 0 aliphatic heterocycles. The average Bonchev–Trinajstić information content (AvgIpc) is 2.27. The van der Waals surface area contributed by atoms with E-state index in [0.717, 1.165) is 0 Å². The number of aromatic amines is 1. The van der Waals surface area contributed by atoms with Crippen molar-refractivity contribution in [3.05, 3.63) is 5.69 Å². The molecule has 10 heteroatoms. The number of H-pyrrole nitrogens is 1. The summed E-state index contributed by atoms with van der Waals surface area (Å²) in [6.45, 7) is 1.22. The molecule has 0 aromatic carbocycles. The fraction of sp³-hybridized carbons (Fsp3) is 0.250. The maximum atomic E-state index is 10.8. The van der Waals surface area contributed by atoms with Crippen LogP contribution >= 0.6 is 7.60 Å². The topological polar surface area (TPSA) is 141 Å². The highest BCUT2D eigenvalue weighted by atomic mass is 32.2. The van der Waals surface area contributed by atoms with Crippen LogP contribution in [0.1, 0.15) is 5.69 Å². The largest absolute Gasteiger partial charge is 0.377 e. The first-order valence-corrected chi connectivity index (χ1v) is 6.28. The van der Waals surface area contributed by atoms with Crippen LogP contribution in [0.15, 0.2) is 4.90 Å². The van der Waals surface area contributed by atoms with Crippen LogP contribution in [-0.4, -0.2) is 33.0 Å². The summed E-state index contributed by atoms with van der Waals surface area (Å²) in [7, 11) is -9.50. The highest BCUT2D eigenvalue weighted by Crippen LogP contribution is 2.35. The molecule has 0 saturated carbocycles. The van der Waals surface area contributed by atoms with Gasteiger partial charge >= 0.3 is 7.60 Å². The third kappa shape index (κ3) is 2.02. The van der Waals surface area contributed by atoms with Gasteiger partial charge in [-0.05, 0) is 6.92 Å². The van der Waals surface area contributed by atoms with Gasteiger partial charge < -0.3 is 9.79 Å². The third-order valence-corrected chi connectivity index (χ3v) is 3.45. The van der Waals surface area contributed by atoms with Gasteiger partial charge in [-0.3, -0.25) is 14.2 Å². The number of rotatable bonds is 2. The molecule has 0 aliphatic carbocycles. The smallest absolute Gasteiger partial charge is 0.320 e. The lowest BCUT2D eigenvalue weighted by Crippen LogP contribution is -2.15. The second-order valence-corrected chi connectivity index (χ2v) is 5.39. The lowest BCUT2D eigenvalue weighted by Gasteiger charge is -2.01. The van der Waals surface area contributed by atoms with E-state index in [0.29, 0.717) is 0 Å². The van der Waals surface area contributed by atoms with Gasteiger partial charge in [-0.15, -0.1) is 0 Å². The number of hydrogen-bond donors (Lipinski definition) is 4. The zero-order valence-electron chi connectivity index (χ0n) is 6.87. The van der Waals surface area contributed by atoms with Crippen molar-refractivity contribution in [2.45, 2.75) is 11.8 Å². The van der Waals surface area contributed by atoms with Gasteiger partial charge in [0.25, 0.3) is 10.1 Å². The number of aryl methyl sites for hydroxylation is 1. The summed E-state index contributed by atoms with van der Waals surface area (Å²) in [5.74, 6) is 0. The first kappa shape index (κ1) is 11.3. The molecule has 0 saturated heterocycles. The summed E-state index contributed by atoms with van der Waals surface area (Å²) in [5, 5.41) is 5.20. The highest BCUT2D eigenvalue weighted by molar-refractivity contribution is 7.86. The third-order valence-electron chi connectivity index (χ3n) is 1.41. The molecule has 8 nitrogen and oxygen atoms in total. The van der Waals surface area contributed by atoms with Gasteiger partial charge in [0.1, 0.15) is 0 Å². The molecule has 0 aliphatic rings. The van der Waals surface area contributed by atoms with Crippen LogP contribution in [0.4, 0.5) is 0 Å². The fourth-order valence-corrected chi connectivity index (χ4v) is 2.94. The molecular formula is C4H7N2O6PS. The zero-order chi connectivity index (χ0) is 11.1. The predicted molar refractivity (Wildman–Crippen MR) is 44.8 cm³/mol. The van der Waals surface area contributed by atoms with E-state index in [1.165, 1.54) is 6.92 Å². The minimum Gasteiger partial charge on any atom is -0.320 e. The van der Waals surface area contributed by atoms with Crippen LogP contribution in [0.3, 0.4) is 0 Å². The maximum absolute atomic E-state index is 10.8. The second-order valence-electron chi connectivity index (χ2n) is 2.52. The van der Waals surface area contributed by atoms with Gasteiger partial charge in [0.15, 0.2) is 10.3 Å². The standard InChI is InChI=1S/C4H7N2O6PS/c1-2-3(14(10,11)12)4(6-5-2)13(7,8)9/h1H3,(H,5,6)(H2,7,8,9)(H,10,11,12). The molecule has 0 fully saturated rings. The van der Waals surface area contributed by atoms with E-state index in [4.69, 9.17) is 14.3 Å². The van der Waals surface area contributed by atoms with E-state index in [1.807, 2.05) is 0 Å². The molecule has 0 radical (unpaired) electrons. The highest BCUT2D eigenvalue weighted by Gasteiger charge is 2.33. The Balaban J connectivity index is 3.59. The van der Waals surface area contributed by atoms with Gasteiger partial charge in [0.2, 0.25) is 0 Å². The Morgan fingerprint density at radius 2 is 1.93 bits per heavy atom. The summed E-state index contributed by atoms with van der Waals surface area (Å²) in [5.41, 5.74) is -1.11. The van der Waals surface area contributed by atoms with Crippen molar-refractivity contribution in [2.75, 3.05) is 0 Å². The number of nitrogens with one attached hydrogen (secondary N) is 1. The van der Waals surface area contributed by atoms with Crippen LogP contribution < -0.4 is 5.44 Å². The Morgan fingerprint density at radius 1 is 1.43 bits per heavy atom. The molecule has 1 aromatic heterocycles. The summed E-state index contributed by atoms with van der Waals surface area (Å²) in [6.07, 6.45) is 0. The van der Waals surface area contributed by atoms with E-state index in [-0.39, 0.29) is 5.69 Å². The van der Waals surface area contributed by atoms with Crippen LogP contribution in [0.2, 0.25) is 0 Å². The Morgan fingerprint density at radius 3 is 2.21 bits per heavy atom. The minimum atomic E-state index is -4.81. The Labute approximate surface area is 78.9 Å². The van der Waals surface area contributed by atoms with Crippen LogP contribution in [0.5, 0.6) is 0 Å². The summed E-state index contributed by atoms with van der Waals surface area (Å²) < 4.78 is 40.9. The first-order valence-electron chi connectivity index (χ1n) is 3.22. The van der Waals surface area contributed by atoms with E-state index >= 15 is 0 Å². The molecule has 1 aromatic rings. The van der Waals surface area contributed by atoms with E-state index in [2.05, 4.69) is 10.2 Å². The normalized spacial score (nSPS) is 13.1. The van der Waals surface area contributed by atoms with Gasteiger partial charge in [-0.1, -0.05) is 0 Å². The maximum Gasteiger partial charge on any atom is 0.377 e. The lowest BCUT2D eigenvalue weighted by molar-refractivity contribution is 0.385. The molecule has 0 spiro atoms. The molecule has 0 atom stereocenters. The summed E-state index contributed by atoms with van der Waals surface area (Å²) in [6, 6.07) is 0. The summed E-state index contributed by atoms with van der Waals surface area (Å²) >= 11 is 0.